The summed E-state index contributed by atoms with van der Waals surface area (Å²) in [5.41, 5.74) is 9.11. The van der Waals surface area contributed by atoms with E-state index >= 15 is 0 Å². The van der Waals surface area contributed by atoms with E-state index in [2.05, 4.69) is 28.1 Å². The van der Waals surface area contributed by atoms with E-state index in [4.69, 9.17) is 5.73 Å². The highest BCUT2D eigenvalue weighted by Gasteiger charge is 2.27. The lowest BCUT2D eigenvalue weighted by molar-refractivity contribution is 0.307. The van der Waals surface area contributed by atoms with E-state index in [1.807, 2.05) is 6.20 Å². The summed E-state index contributed by atoms with van der Waals surface area (Å²) in [4.78, 5) is 8.84. The molecule has 3 N–H and O–H groups in total. The van der Waals surface area contributed by atoms with Crippen LogP contribution in [0.4, 0.5) is 8.78 Å². The van der Waals surface area contributed by atoms with Gasteiger partial charge in [-0.05, 0) is 60.4 Å². The lowest BCUT2D eigenvalue weighted by atomic mass is 9.75. The zero-order valence-electron chi connectivity index (χ0n) is 18.2. The van der Waals surface area contributed by atoms with Gasteiger partial charge in [0.1, 0.15) is 23.2 Å². The highest BCUT2D eigenvalue weighted by molar-refractivity contribution is 5.63. The number of pyridine rings is 1. The van der Waals surface area contributed by atoms with Crippen molar-refractivity contribution < 1.29 is 13.9 Å². The summed E-state index contributed by atoms with van der Waals surface area (Å²) in [5, 5.41) is 13.9. The number of imidazole rings is 1. The quantitative estimate of drug-likeness (QED) is 0.475. The molecular weight excluding hydrogens is 424 g/mol. The van der Waals surface area contributed by atoms with Crippen LogP contribution in [0.3, 0.4) is 0 Å². The van der Waals surface area contributed by atoms with Gasteiger partial charge in [0.15, 0.2) is 0 Å². The number of aromatic hydroxyl groups is 1. The van der Waals surface area contributed by atoms with Gasteiger partial charge in [0.05, 0.1) is 23.0 Å². The summed E-state index contributed by atoms with van der Waals surface area (Å²) in [6.07, 6.45) is 8.88. The third-order valence-corrected chi connectivity index (χ3v) is 6.45. The number of nitrogens with zero attached hydrogens (tertiary/aromatic N) is 4. The molecule has 170 valence electrons. The molecule has 0 saturated heterocycles. The SMILES string of the molecule is C[C@@H]1C[C@H](N)C[C@H](c2ccncc2Cc2ncc3ccc(-c4c(F)cc(O)cc4F)nn23)C1. The number of nitrogens with two attached hydrogens (primary N) is 1. The molecule has 0 unspecified atom stereocenters. The maximum Gasteiger partial charge on any atom is 0.139 e. The first kappa shape index (κ1) is 21.5. The molecule has 0 amide bonds. The molecular formula is C25H25F2N5O. The van der Waals surface area contributed by atoms with E-state index in [-0.39, 0.29) is 17.3 Å². The number of phenolic OH excluding ortho intramolecular Hbond substituents is 1. The zero-order chi connectivity index (χ0) is 23.1. The summed E-state index contributed by atoms with van der Waals surface area (Å²) in [5.74, 6) is -0.660. The number of phenols is 1. The van der Waals surface area contributed by atoms with Gasteiger partial charge in [0.25, 0.3) is 0 Å². The minimum Gasteiger partial charge on any atom is -0.508 e. The van der Waals surface area contributed by atoms with Crippen molar-refractivity contribution in [2.24, 2.45) is 11.7 Å². The van der Waals surface area contributed by atoms with E-state index in [0.717, 1.165) is 37.0 Å². The Hall–Kier alpha value is -3.39. The van der Waals surface area contributed by atoms with Crippen molar-refractivity contribution in [1.82, 2.24) is 19.6 Å². The topological polar surface area (TPSA) is 89.3 Å². The van der Waals surface area contributed by atoms with Crippen molar-refractivity contribution in [1.29, 1.82) is 0 Å². The van der Waals surface area contributed by atoms with Gasteiger partial charge in [-0.3, -0.25) is 4.98 Å². The van der Waals surface area contributed by atoms with Crippen molar-refractivity contribution >= 4 is 5.52 Å². The highest BCUT2D eigenvalue weighted by Crippen LogP contribution is 2.37. The van der Waals surface area contributed by atoms with Crippen molar-refractivity contribution in [2.45, 2.75) is 44.6 Å². The van der Waals surface area contributed by atoms with Gasteiger partial charge in [0.2, 0.25) is 0 Å². The second-order valence-electron chi connectivity index (χ2n) is 9.03. The minimum atomic E-state index is -0.877. The predicted molar refractivity (Wildman–Crippen MR) is 121 cm³/mol. The fourth-order valence-corrected chi connectivity index (χ4v) is 5.06. The molecule has 1 fully saturated rings. The van der Waals surface area contributed by atoms with E-state index in [0.29, 0.717) is 29.6 Å². The van der Waals surface area contributed by atoms with Crippen LogP contribution in [0.15, 0.2) is 48.9 Å². The summed E-state index contributed by atoms with van der Waals surface area (Å²) < 4.78 is 30.4. The van der Waals surface area contributed by atoms with Gasteiger partial charge in [0, 0.05) is 37.0 Å². The van der Waals surface area contributed by atoms with Crippen molar-refractivity contribution in [3.63, 3.8) is 0 Å². The van der Waals surface area contributed by atoms with Crippen molar-refractivity contribution in [3.8, 4) is 17.0 Å². The summed E-state index contributed by atoms with van der Waals surface area (Å²) in [6, 6.07) is 7.25. The second kappa shape index (κ2) is 8.51. The van der Waals surface area contributed by atoms with E-state index < -0.39 is 17.4 Å². The first-order valence-corrected chi connectivity index (χ1v) is 11.1. The van der Waals surface area contributed by atoms with Crippen LogP contribution in [0.1, 0.15) is 49.1 Å². The van der Waals surface area contributed by atoms with Crippen LogP contribution in [0, 0.1) is 17.6 Å². The molecule has 0 aliphatic heterocycles. The van der Waals surface area contributed by atoms with Crippen LogP contribution >= 0.6 is 0 Å². The van der Waals surface area contributed by atoms with Crippen LogP contribution in [-0.4, -0.2) is 30.7 Å². The molecule has 3 aromatic heterocycles. The Balaban J connectivity index is 1.52. The monoisotopic (exact) mass is 449 g/mol. The molecule has 1 aliphatic carbocycles. The molecule has 8 heteroatoms. The lowest BCUT2D eigenvalue weighted by Crippen LogP contribution is -2.31. The molecule has 5 rings (SSSR count). The fraction of sp³-hybridized carbons (Fsp3) is 0.320. The largest absolute Gasteiger partial charge is 0.508 e. The number of fused-ring (bicyclic) bond motifs is 1. The Bertz CT molecular complexity index is 1290. The van der Waals surface area contributed by atoms with Gasteiger partial charge in [-0.15, -0.1) is 0 Å². The lowest BCUT2D eigenvalue weighted by Gasteiger charge is -2.32. The summed E-state index contributed by atoms with van der Waals surface area (Å²) >= 11 is 0. The molecule has 3 atom stereocenters. The molecule has 3 heterocycles. The number of hydrogen-bond acceptors (Lipinski definition) is 5. The summed E-state index contributed by atoms with van der Waals surface area (Å²) in [6.45, 7) is 2.24. The average Bonchev–Trinajstić information content (AvgIpc) is 3.15. The van der Waals surface area contributed by atoms with Gasteiger partial charge >= 0.3 is 0 Å². The molecule has 0 bridgehead atoms. The van der Waals surface area contributed by atoms with Gasteiger partial charge < -0.3 is 10.8 Å². The highest BCUT2D eigenvalue weighted by atomic mass is 19.1. The van der Waals surface area contributed by atoms with Crippen LogP contribution in [-0.2, 0) is 6.42 Å². The van der Waals surface area contributed by atoms with Crippen LogP contribution < -0.4 is 5.73 Å². The fourth-order valence-electron chi connectivity index (χ4n) is 5.06. The third-order valence-electron chi connectivity index (χ3n) is 6.45. The molecule has 0 spiro atoms. The van der Waals surface area contributed by atoms with E-state index in [1.54, 1.807) is 29.0 Å². The van der Waals surface area contributed by atoms with Crippen LogP contribution in [0.25, 0.3) is 16.8 Å². The molecule has 0 radical (unpaired) electrons. The molecule has 1 saturated carbocycles. The smallest absolute Gasteiger partial charge is 0.139 e. The van der Waals surface area contributed by atoms with Crippen LogP contribution in [0.5, 0.6) is 5.75 Å². The Kier molecular flexibility index (Phi) is 5.54. The third kappa shape index (κ3) is 4.18. The second-order valence-corrected chi connectivity index (χ2v) is 9.03. The Morgan fingerprint density at radius 2 is 1.88 bits per heavy atom. The van der Waals surface area contributed by atoms with Gasteiger partial charge in [-0.2, -0.15) is 5.10 Å². The van der Waals surface area contributed by atoms with Crippen LogP contribution in [0.2, 0.25) is 0 Å². The molecule has 1 aromatic carbocycles. The molecule has 1 aliphatic rings. The molecule has 33 heavy (non-hydrogen) atoms. The average molecular weight is 450 g/mol. The normalized spacial score (nSPS) is 20.9. The Morgan fingerprint density at radius 1 is 1.09 bits per heavy atom. The molecule has 6 nitrogen and oxygen atoms in total. The summed E-state index contributed by atoms with van der Waals surface area (Å²) in [7, 11) is 0. The number of hydrogen-bond donors (Lipinski definition) is 2. The van der Waals surface area contributed by atoms with Crippen molar-refractivity contribution in [2.75, 3.05) is 0 Å². The van der Waals surface area contributed by atoms with Crippen molar-refractivity contribution in [3.05, 3.63) is 77.5 Å². The number of aromatic nitrogens is 4. The first-order chi connectivity index (χ1) is 15.9. The van der Waals surface area contributed by atoms with Gasteiger partial charge in [-0.1, -0.05) is 6.92 Å². The van der Waals surface area contributed by atoms with E-state index in [9.17, 15) is 13.9 Å². The number of halogens is 2. The van der Waals surface area contributed by atoms with E-state index in [1.165, 1.54) is 5.56 Å². The standard InChI is InChI=1S/C25H25F2N5O/c1-14-6-15(8-17(28)7-14)20-4-5-29-12-16(20)9-24-30-13-18-2-3-23(31-32(18)24)25-21(26)10-19(33)11-22(25)27/h2-5,10-15,17,33H,6-9,28H2,1H3/t14-,15+,17-/m0/s1. The maximum atomic E-state index is 14.4. The predicted octanol–water partition coefficient (Wildman–Crippen LogP) is 4.60. The number of rotatable bonds is 4. The Labute approximate surface area is 190 Å². The zero-order valence-corrected chi connectivity index (χ0v) is 18.2. The molecule has 4 aromatic rings. The first-order valence-electron chi connectivity index (χ1n) is 11.1. The minimum absolute atomic E-state index is 0.121. The Morgan fingerprint density at radius 3 is 2.64 bits per heavy atom. The maximum absolute atomic E-state index is 14.4. The van der Waals surface area contributed by atoms with Gasteiger partial charge in [-0.25, -0.2) is 18.3 Å². The number of benzene rings is 1.